The number of anilines is 1. The third kappa shape index (κ3) is 5.04. The standard InChI is InChI=1S/C17H17ClN2O5S/c1-11-6-7-13(18)9-15(11)20-16(21)10-25-17(22)12-4-3-5-14(8-12)26(23,24)19-2/h3-9,19H,10H2,1-2H3,(H,20,21). The minimum Gasteiger partial charge on any atom is -0.452 e. The topological polar surface area (TPSA) is 102 Å². The van der Waals surface area contributed by atoms with E-state index in [9.17, 15) is 18.0 Å². The molecule has 0 radical (unpaired) electrons. The first-order valence-electron chi connectivity index (χ1n) is 7.49. The molecule has 2 N–H and O–H groups in total. The molecule has 7 nitrogen and oxygen atoms in total. The van der Waals surface area contributed by atoms with Crippen LogP contribution in [0, 0.1) is 6.92 Å². The molecule has 0 spiro atoms. The monoisotopic (exact) mass is 396 g/mol. The molecule has 0 heterocycles. The zero-order valence-corrected chi connectivity index (χ0v) is 15.6. The minimum atomic E-state index is -3.68. The molecule has 0 aromatic heterocycles. The van der Waals surface area contributed by atoms with E-state index in [1.807, 2.05) is 0 Å². The van der Waals surface area contributed by atoms with Crippen molar-refractivity contribution in [2.75, 3.05) is 19.0 Å². The summed E-state index contributed by atoms with van der Waals surface area (Å²) in [6, 6.07) is 10.4. The largest absolute Gasteiger partial charge is 0.452 e. The maximum atomic E-state index is 12.1. The quantitative estimate of drug-likeness (QED) is 0.730. The second-order valence-electron chi connectivity index (χ2n) is 5.32. The number of carbonyl (C=O) groups is 2. The number of rotatable bonds is 6. The average Bonchev–Trinajstić information content (AvgIpc) is 2.63. The van der Waals surface area contributed by atoms with Gasteiger partial charge in [-0.3, -0.25) is 4.79 Å². The summed E-state index contributed by atoms with van der Waals surface area (Å²) >= 11 is 5.88. The van der Waals surface area contributed by atoms with Gasteiger partial charge in [-0.25, -0.2) is 17.9 Å². The van der Waals surface area contributed by atoms with Crippen molar-refractivity contribution in [1.82, 2.24) is 4.72 Å². The number of esters is 1. The fourth-order valence-corrected chi connectivity index (χ4v) is 2.99. The lowest BCUT2D eigenvalue weighted by atomic mass is 10.2. The van der Waals surface area contributed by atoms with E-state index in [4.69, 9.17) is 16.3 Å². The second-order valence-corrected chi connectivity index (χ2v) is 7.64. The van der Waals surface area contributed by atoms with Crippen LogP contribution in [0.5, 0.6) is 0 Å². The van der Waals surface area contributed by atoms with Crippen LogP contribution in [0.2, 0.25) is 5.02 Å². The lowest BCUT2D eigenvalue weighted by Crippen LogP contribution is -2.22. The Labute approximate surface area is 156 Å². The number of hydrogen-bond acceptors (Lipinski definition) is 5. The Morgan fingerprint density at radius 1 is 1.15 bits per heavy atom. The van der Waals surface area contributed by atoms with Crippen LogP contribution in [0.25, 0.3) is 0 Å². The van der Waals surface area contributed by atoms with E-state index in [1.54, 1.807) is 25.1 Å². The second kappa shape index (κ2) is 8.31. The first-order valence-corrected chi connectivity index (χ1v) is 9.36. The molecule has 0 saturated heterocycles. The predicted molar refractivity (Wildman–Crippen MR) is 97.8 cm³/mol. The summed E-state index contributed by atoms with van der Waals surface area (Å²) in [5, 5.41) is 3.06. The molecule has 0 bridgehead atoms. The molecule has 2 rings (SSSR count). The van der Waals surface area contributed by atoms with Gasteiger partial charge in [0.05, 0.1) is 10.5 Å². The average molecular weight is 397 g/mol. The van der Waals surface area contributed by atoms with Gasteiger partial charge in [0.15, 0.2) is 6.61 Å². The molecule has 9 heteroatoms. The van der Waals surface area contributed by atoms with Gasteiger partial charge in [-0.15, -0.1) is 0 Å². The Bertz CT molecular complexity index is 944. The van der Waals surface area contributed by atoms with E-state index < -0.39 is 28.5 Å². The molecule has 0 unspecified atom stereocenters. The Kier molecular flexibility index (Phi) is 6.36. The molecule has 0 aliphatic rings. The first kappa shape index (κ1) is 19.9. The Morgan fingerprint density at radius 2 is 1.88 bits per heavy atom. The molecule has 138 valence electrons. The van der Waals surface area contributed by atoms with Crippen LogP contribution in [0.1, 0.15) is 15.9 Å². The van der Waals surface area contributed by atoms with E-state index in [0.29, 0.717) is 10.7 Å². The molecule has 0 aliphatic carbocycles. The Balaban J connectivity index is 2.01. The summed E-state index contributed by atoms with van der Waals surface area (Å²) in [5.74, 6) is -1.35. The van der Waals surface area contributed by atoms with E-state index in [2.05, 4.69) is 10.0 Å². The smallest absolute Gasteiger partial charge is 0.338 e. The molecule has 2 aromatic carbocycles. The van der Waals surface area contributed by atoms with Gasteiger partial charge in [0.1, 0.15) is 0 Å². The number of ether oxygens (including phenoxy) is 1. The number of benzene rings is 2. The van der Waals surface area contributed by atoms with Crippen LogP contribution in [0.3, 0.4) is 0 Å². The lowest BCUT2D eigenvalue weighted by Gasteiger charge is -2.10. The highest BCUT2D eigenvalue weighted by molar-refractivity contribution is 7.89. The van der Waals surface area contributed by atoms with E-state index in [1.165, 1.54) is 31.3 Å². The third-order valence-corrected chi connectivity index (χ3v) is 5.10. The molecule has 26 heavy (non-hydrogen) atoms. The van der Waals surface area contributed by atoms with Crippen LogP contribution >= 0.6 is 11.6 Å². The number of carbonyl (C=O) groups excluding carboxylic acids is 2. The number of amides is 1. The third-order valence-electron chi connectivity index (χ3n) is 3.46. The maximum absolute atomic E-state index is 12.1. The Hall–Kier alpha value is -2.42. The molecule has 0 atom stereocenters. The van der Waals surface area contributed by atoms with Crippen LogP contribution in [0.15, 0.2) is 47.4 Å². The molecular formula is C17H17ClN2O5S. The molecule has 1 amide bonds. The molecule has 0 fully saturated rings. The summed E-state index contributed by atoms with van der Waals surface area (Å²) in [5.41, 5.74) is 1.34. The summed E-state index contributed by atoms with van der Waals surface area (Å²) in [6.07, 6.45) is 0. The van der Waals surface area contributed by atoms with Gasteiger partial charge in [0, 0.05) is 10.7 Å². The van der Waals surface area contributed by atoms with Crippen molar-refractivity contribution in [3.8, 4) is 0 Å². The predicted octanol–water partition coefficient (Wildman–Crippen LogP) is 2.35. The molecular weight excluding hydrogens is 380 g/mol. The van der Waals surface area contributed by atoms with Gasteiger partial charge in [-0.05, 0) is 49.9 Å². The number of aryl methyl sites for hydroxylation is 1. The summed E-state index contributed by atoms with van der Waals surface area (Å²) in [7, 11) is -2.42. The fourth-order valence-electron chi connectivity index (χ4n) is 2.04. The summed E-state index contributed by atoms with van der Waals surface area (Å²) < 4.78 is 30.6. The SMILES string of the molecule is CNS(=O)(=O)c1cccc(C(=O)OCC(=O)Nc2cc(Cl)ccc2C)c1. The molecule has 2 aromatic rings. The van der Waals surface area contributed by atoms with Crippen LogP contribution < -0.4 is 10.0 Å². The van der Waals surface area contributed by atoms with Crippen molar-refractivity contribution in [3.05, 3.63) is 58.6 Å². The highest BCUT2D eigenvalue weighted by Crippen LogP contribution is 2.20. The van der Waals surface area contributed by atoms with Crippen molar-refractivity contribution < 1.29 is 22.7 Å². The van der Waals surface area contributed by atoms with Crippen LogP contribution in [0.4, 0.5) is 5.69 Å². The van der Waals surface area contributed by atoms with Gasteiger partial charge in [0.2, 0.25) is 10.0 Å². The van der Waals surface area contributed by atoms with Crippen LogP contribution in [-0.4, -0.2) is 33.9 Å². The van der Waals surface area contributed by atoms with Crippen molar-refractivity contribution in [2.45, 2.75) is 11.8 Å². The zero-order valence-electron chi connectivity index (χ0n) is 14.1. The normalized spacial score (nSPS) is 11.0. The van der Waals surface area contributed by atoms with Gasteiger partial charge >= 0.3 is 5.97 Å². The molecule has 0 aliphatic heterocycles. The van der Waals surface area contributed by atoms with Crippen LogP contribution in [-0.2, 0) is 19.6 Å². The van der Waals surface area contributed by atoms with Crippen molar-refractivity contribution in [2.24, 2.45) is 0 Å². The lowest BCUT2D eigenvalue weighted by molar-refractivity contribution is -0.119. The highest BCUT2D eigenvalue weighted by Gasteiger charge is 2.16. The van der Waals surface area contributed by atoms with Crippen molar-refractivity contribution in [3.63, 3.8) is 0 Å². The van der Waals surface area contributed by atoms with Crippen molar-refractivity contribution >= 4 is 39.2 Å². The van der Waals surface area contributed by atoms with Gasteiger partial charge in [0.25, 0.3) is 5.91 Å². The van der Waals surface area contributed by atoms with E-state index >= 15 is 0 Å². The maximum Gasteiger partial charge on any atom is 0.338 e. The minimum absolute atomic E-state index is 0.0214. The number of nitrogens with one attached hydrogen (secondary N) is 2. The fraction of sp³-hybridized carbons (Fsp3) is 0.176. The number of halogens is 1. The van der Waals surface area contributed by atoms with Gasteiger partial charge in [-0.2, -0.15) is 0 Å². The van der Waals surface area contributed by atoms with E-state index in [-0.39, 0.29) is 10.5 Å². The van der Waals surface area contributed by atoms with Gasteiger partial charge in [-0.1, -0.05) is 23.7 Å². The number of hydrogen-bond donors (Lipinski definition) is 2. The Morgan fingerprint density at radius 3 is 2.58 bits per heavy atom. The van der Waals surface area contributed by atoms with Crippen molar-refractivity contribution in [1.29, 1.82) is 0 Å². The zero-order chi connectivity index (χ0) is 19.3. The molecule has 0 saturated carbocycles. The summed E-state index contributed by atoms with van der Waals surface area (Å²) in [4.78, 5) is 23.9. The first-order chi connectivity index (χ1) is 12.2. The highest BCUT2D eigenvalue weighted by atomic mass is 35.5. The van der Waals surface area contributed by atoms with Gasteiger partial charge < -0.3 is 10.1 Å². The summed E-state index contributed by atoms with van der Waals surface area (Å²) in [6.45, 7) is 1.28. The van der Waals surface area contributed by atoms with E-state index in [0.717, 1.165) is 5.56 Å². The number of sulfonamides is 1.